The molecule has 0 aliphatic heterocycles. The van der Waals surface area contributed by atoms with Crippen molar-refractivity contribution in [2.75, 3.05) is 52.9 Å². The van der Waals surface area contributed by atoms with E-state index in [1.54, 1.807) is 13.8 Å². The number of rotatable bonds is 16. The fourth-order valence-corrected chi connectivity index (χ4v) is 3.01. The minimum Gasteiger partial charge on any atom is -0.379 e. The molecule has 0 aliphatic carbocycles. The average Bonchev–Trinajstić information content (AvgIpc) is 2.50. The highest BCUT2D eigenvalue weighted by atomic mass is 32.1. The minimum atomic E-state index is -3.44. The van der Waals surface area contributed by atoms with Gasteiger partial charge in [-0.1, -0.05) is 0 Å². The Bertz CT molecular complexity index is 371. The van der Waals surface area contributed by atoms with Gasteiger partial charge in [0.25, 0.3) is 0 Å². The van der Waals surface area contributed by atoms with Crippen LogP contribution in [0.1, 0.15) is 20.8 Å². The van der Waals surface area contributed by atoms with E-state index in [-0.39, 0.29) is 19.8 Å². The van der Waals surface area contributed by atoms with E-state index in [1.165, 1.54) is 0 Å². The van der Waals surface area contributed by atoms with Gasteiger partial charge in [-0.3, -0.25) is 9.05 Å². The van der Waals surface area contributed by atoms with Crippen LogP contribution in [0.3, 0.4) is 0 Å². The molecule has 0 aromatic carbocycles. The van der Waals surface area contributed by atoms with Crippen LogP contribution >= 0.6 is 20.0 Å². The van der Waals surface area contributed by atoms with Crippen LogP contribution in [0.15, 0.2) is 4.99 Å². The highest BCUT2D eigenvalue weighted by molar-refractivity contribution is 7.78. The van der Waals surface area contributed by atoms with Gasteiger partial charge in [0.1, 0.15) is 6.17 Å². The lowest BCUT2D eigenvalue weighted by atomic mass is 10.6. The summed E-state index contributed by atoms with van der Waals surface area (Å²) in [4.78, 5) is 3.87. The van der Waals surface area contributed by atoms with Crippen molar-refractivity contribution in [2.45, 2.75) is 26.9 Å². The van der Waals surface area contributed by atoms with Gasteiger partial charge in [-0.15, -0.1) is 0 Å². The molecule has 8 nitrogen and oxygen atoms in total. The summed E-state index contributed by atoms with van der Waals surface area (Å²) in [5.41, 5.74) is 0. The van der Waals surface area contributed by atoms with Gasteiger partial charge in [-0.05, 0) is 33.0 Å². The molecule has 0 spiro atoms. The first-order valence-corrected chi connectivity index (χ1v) is 9.54. The summed E-state index contributed by atoms with van der Waals surface area (Å²) in [7, 11) is -3.44. The second-order valence-corrected chi connectivity index (χ2v) is 6.03. The third-order valence-corrected chi connectivity index (χ3v) is 4.25. The molecule has 10 heteroatoms. The summed E-state index contributed by atoms with van der Waals surface area (Å²) >= 11 is 4.59. The van der Waals surface area contributed by atoms with Crippen LogP contribution in [0.5, 0.6) is 0 Å². The molecular formula is C13H27N2O6PS. The molecular weight excluding hydrogens is 343 g/mol. The van der Waals surface area contributed by atoms with Crippen molar-refractivity contribution in [3.8, 4) is 0 Å². The van der Waals surface area contributed by atoms with Crippen molar-refractivity contribution in [2.24, 2.45) is 4.99 Å². The Balaban J connectivity index is 4.11. The molecule has 136 valence electrons. The molecule has 0 bridgehead atoms. The van der Waals surface area contributed by atoms with Crippen molar-refractivity contribution >= 4 is 25.1 Å². The number of thiocarbonyl (C=S) groups is 1. The van der Waals surface area contributed by atoms with Gasteiger partial charge >= 0.3 is 7.75 Å². The van der Waals surface area contributed by atoms with E-state index in [9.17, 15) is 4.57 Å². The van der Waals surface area contributed by atoms with E-state index in [4.69, 9.17) is 23.3 Å². The Kier molecular flexibility index (Phi) is 15.2. The summed E-state index contributed by atoms with van der Waals surface area (Å²) in [6.45, 7) is 8.53. The maximum atomic E-state index is 12.4. The molecule has 0 radical (unpaired) electrons. The zero-order valence-electron chi connectivity index (χ0n) is 14.0. The maximum Gasteiger partial charge on any atom is 0.407 e. The number of isothiocyanates is 1. The molecule has 0 aromatic rings. The van der Waals surface area contributed by atoms with Gasteiger partial charge in [-0.25, -0.2) is 9.56 Å². The van der Waals surface area contributed by atoms with Gasteiger partial charge in [0, 0.05) is 6.61 Å². The molecule has 0 amide bonds. The van der Waals surface area contributed by atoms with E-state index in [1.807, 2.05) is 6.92 Å². The van der Waals surface area contributed by atoms with E-state index in [0.717, 1.165) is 0 Å². The standard InChI is InChI=1S/C13H27N2O6PS/c1-4-17-7-8-18-9-10-19-11-13(14-12-23)15-22(16,20-5-2)21-6-3/h13H,4-11H2,1-3H3,(H,15,16). The predicted molar refractivity (Wildman–Crippen MR) is 90.9 cm³/mol. The summed E-state index contributed by atoms with van der Waals surface area (Å²) in [5.74, 6) is 0. The first kappa shape index (κ1) is 22.8. The Morgan fingerprint density at radius 2 is 1.57 bits per heavy atom. The summed E-state index contributed by atoms with van der Waals surface area (Å²) in [6, 6.07) is 0. The van der Waals surface area contributed by atoms with E-state index >= 15 is 0 Å². The van der Waals surface area contributed by atoms with Gasteiger partial charge in [0.05, 0.1) is 51.4 Å². The topological polar surface area (TPSA) is 87.6 Å². The summed E-state index contributed by atoms with van der Waals surface area (Å²) in [5, 5.41) is 4.92. The second-order valence-electron chi connectivity index (χ2n) is 4.08. The molecule has 1 unspecified atom stereocenters. The average molecular weight is 370 g/mol. The lowest BCUT2D eigenvalue weighted by molar-refractivity contribution is 0.0135. The van der Waals surface area contributed by atoms with Crippen LogP contribution in [-0.4, -0.2) is 64.2 Å². The molecule has 0 aromatic heterocycles. The Morgan fingerprint density at radius 1 is 1.00 bits per heavy atom. The first-order chi connectivity index (χ1) is 11.1. The fourth-order valence-electron chi connectivity index (χ4n) is 1.48. The summed E-state index contributed by atoms with van der Waals surface area (Å²) in [6.07, 6.45) is -0.667. The van der Waals surface area contributed by atoms with Crippen molar-refractivity contribution in [3.63, 3.8) is 0 Å². The fraction of sp³-hybridized carbons (Fsp3) is 0.923. The van der Waals surface area contributed by atoms with Crippen molar-refractivity contribution in [1.82, 2.24) is 5.09 Å². The van der Waals surface area contributed by atoms with E-state index in [0.29, 0.717) is 33.0 Å². The first-order valence-electron chi connectivity index (χ1n) is 7.58. The maximum absolute atomic E-state index is 12.4. The number of aliphatic imine (C=N–C) groups is 1. The lowest BCUT2D eigenvalue weighted by Crippen LogP contribution is -2.31. The zero-order valence-corrected chi connectivity index (χ0v) is 15.7. The lowest BCUT2D eigenvalue weighted by Gasteiger charge is -2.21. The quantitative estimate of drug-likeness (QED) is 0.192. The molecule has 0 aliphatic rings. The molecule has 1 N–H and O–H groups in total. The number of nitrogens with one attached hydrogen (secondary N) is 1. The summed E-state index contributed by atoms with van der Waals surface area (Å²) < 4.78 is 38.5. The zero-order chi connectivity index (χ0) is 17.4. The predicted octanol–water partition coefficient (Wildman–Crippen LogP) is 2.26. The van der Waals surface area contributed by atoms with Crippen LogP contribution < -0.4 is 5.09 Å². The molecule has 0 rings (SSSR count). The third-order valence-electron chi connectivity index (χ3n) is 2.34. The molecule has 1 atom stereocenters. The van der Waals surface area contributed by atoms with Crippen molar-refractivity contribution < 1.29 is 27.8 Å². The molecule has 23 heavy (non-hydrogen) atoms. The normalized spacial score (nSPS) is 12.8. The Morgan fingerprint density at radius 3 is 2.09 bits per heavy atom. The molecule has 0 fully saturated rings. The largest absolute Gasteiger partial charge is 0.407 e. The smallest absolute Gasteiger partial charge is 0.379 e. The van der Waals surface area contributed by atoms with Gasteiger partial charge in [-0.2, -0.15) is 5.09 Å². The highest BCUT2D eigenvalue weighted by Gasteiger charge is 2.27. The number of nitrogens with zero attached hydrogens (tertiary/aromatic N) is 1. The van der Waals surface area contributed by atoms with Gasteiger partial charge < -0.3 is 14.2 Å². The second kappa shape index (κ2) is 15.3. The number of hydrogen-bond donors (Lipinski definition) is 1. The molecule has 0 heterocycles. The molecule has 0 saturated heterocycles. The third kappa shape index (κ3) is 12.8. The number of ether oxygens (including phenoxy) is 3. The van der Waals surface area contributed by atoms with Crippen LogP contribution in [0.4, 0.5) is 0 Å². The van der Waals surface area contributed by atoms with Crippen molar-refractivity contribution in [3.05, 3.63) is 0 Å². The molecule has 0 saturated carbocycles. The van der Waals surface area contributed by atoms with Crippen LogP contribution in [0.2, 0.25) is 0 Å². The van der Waals surface area contributed by atoms with Gasteiger partial charge in [0.15, 0.2) is 0 Å². The minimum absolute atomic E-state index is 0.141. The van der Waals surface area contributed by atoms with Crippen LogP contribution in [-0.2, 0) is 27.8 Å². The Labute approximate surface area is 143 Å². The SMILES string of the molecule is CCOCCOCCOCC(N=C=S)NP(=O)(OCC)OCC. The van der Waals surface area contributed by atoms with E-state index < -0.39 is 13.9 Å². The highest BCUT2D eigenvalue weighted by Crippen LogP contribution is 2.43. The van der Waals surface area contributed by atoms with Crippen LogP contribution in [0, 0.1) is 0 Å². The van der Waals surface area contributed by atoms with Crippen molar-refractivity contribution in [1.29, 1.82) is 0 Å². The van der Waals surface area contributed by atoms with E-state index in [2.05, 4.69) is 27.5 Å². The Hall–Kier alpha value is -0.210. The number of hydrogen-bond acceptors (Lipinski definition) is 8. The monoisotopic (exact) mass is 370 g/mol. The van der Waals surface area contributed by atoms with Gasteiger partial charge in [0.2, 0.25) is 0 Å². The van der Waals surface area contributed by atoms with Crippen LogP contribution in [0.25, 0.3) is 0 Å².